The Balaban J connectivity index is 1.56. The summed E-state index contributed by atoms with van der Waals surface area (Å²) >= 11 is 0. The highest BCUT2D eigenvalue weighted by Gasteiger charge is 2.35. The number of aryl methyl sites for hydroxylation is 1. The minimum absolute atomic E-state index is 0.0211. The van der Waals surface area contributed by atoms with Crippen molar-refractivity contribution in [3.05, 3.63) is 52.3 Å². The number of hydrogen-bond acceptors (Lipinski definition) is 8. The topological polar surface area (TPSA) is 124 Å². The molecule has 0 spiro atoms. The standard InChI is InChI=1S/C19H23N3O6/c1-12-10-22(17-8-15(25)16(11-23)28-17)19(26)21-18(12)27-7-3-5-14(24)13-4-2-6-20-9-13/h2,4,6,9-10,15-17,23,25H,3,5,7-8,11H2,1H3/t15-,16+,17+/m0/s1. The molecule has 150 valence electrons. The van der Waals surface area contributed by atoms with Gasteiger partial charge in [-0.25, -0.2) is 4.79 Å². The first-order valence-electron chi connectivity index (χ1n) is 9.09. The first-order chi connectivity index (χ1) is 13.5. The Morgan fingerprint density at radius 3 is 2.96 bits per heavy atom. The highest BCUT2D eigenvalue weighted by atomic mass is 16.5. The monoisotopic (exact) mass is 389 g/mol. The summed E-state index contributed by atoms with van der Waals surface area (Å²) in [6.45, 7) is 1.67. The predicted octanol–water partition coefficient (Wildman–Crippen LogP) is 0.629. The van der Waals surface area contributed by atoms with E-state index >= 15 is 0 Å². The van der Waals surface area contributed by atoms with E-state index in [0.717, 1.165) is 0 Å². The summed E-state index contributed by atoms with van der Waals surface area (Å²) in [4.78, 5) is 32.2. The third kappa shape index (κ3) is 4.61. The summed E-state index contributed by atoms with van der Waals surface area (Å²) < 4.78 is 12.3. The van der Waals surface area contributed by atoms with Crippen molar-refractivity contribution in [3.8, 4) is 5.88 Å². The van der Waals surface area contributed by atoms with Gasteiger partial charge >= 0.3 is 5.69 Å². The molecule has 28 heavy (non-hydrogen) atoms. The molecule has 0 saturated carbocycles. The van der Waals surface area contributed by atoms with Crippen molar-refractivity contribution in [1.82, 2.24) is 14.5 Å². The van der Waals surface area contributed by atoms with Gasteiger partial charge in [0, 0.05) is 42.6 Å². The number of carbonyl (C=O) groups is 1. The lowest BCUT2D eigenvalue weighted by Gasteiger charge is -2.16. The average molecular weight is 389 g/mol. The average Bonchev–Trinajstić information content (AvgIpc) is 3.08. The molecule has 1 fully saturated rings. The third-order valence-corrected chi connectivity index (χ3v) is 4.55. The Morgan fingerprint density at radius 2 is 2.29 bits per heavy atom. The fraction of sp³-hybridized carbons (Fsp3) is 0.474. The van der Waals surface area contributed by atoms with Crippen LogP contribution in [-0.4, -0.2) is 56.0 Å². The fourth-order valence-electron chi connectivity index (χ4n) is 3.03. The molecule has 3 atom stereocenters. The summed E-state index contributed by atoms with van der Waals surface area (Å²) in [6.07, 6.45) is 3.44. The maximum atomic E-state index is 12.3. The summed E-state index contributed by atoms with van der Waals surface area (Å²) in [5.41, 5.74) is 0.617. The van der Waals surface area contributed by atoms with Crippen LogP contribution in [0.15, 0.2) is 35.5 Å². The van der Waals surface area contributed by atoms with Crippen molar-refractivity contribution in [2.75, 3.05) is 13.2 Å². The molecular formula is C19H23N3O6. The van der Waals surface area contributed by atoms with Gasteiger partial charge in [-0.15, -0.1) is 0 Å². The van der Waals surface area contributed by atoms with Gasteiger partial charge in [-0.05, 0) is 25.5 Å². The molecule has 9 nitrogen and oxygen atoms in total. The van der Waals surface area contributed by atoms with Crippen LogP contribution in [0.25, 0.3) is 0 Å². The molecule has 0 aliphatic carbocycles. The van der Waals surface area contributed by atoms with E-state index in [9.17, 15) is 14.7 Å². The molecule has 0 amide bonds. The molecule has 3 rings (SSSR count). The molecule has 9 heteroatoms. The van der Waals surface area contributed by atoms with E-state index in [0.29, 0.717) is 24.0 Å². The van der Waals surface area contributed by atoms with Crippen molar-refractivity contribution >= 4 is 5.78 Å². The molecule has 0 unspecified atom stereocenters. The van der Waals surface area contributed by atoms with E-state index in [1.807, 2.05) is 0 Å². The van der Waals surface area contributed by atoms with Gasteiger partial charge in [0.1, 0.15) is 12.3 Å². The van der Waals surface area contributed by atoms with E-state index in [-0.39, 0.29) is 31.3 Å². The number of rotatable bonds is 8. The van der Waals surface area contributed by atoms with Crippen molar-refractivity contribution < 1.29 is 24.5 Å². The number of carbonyl (C=O) groups excluding carboxylic acids is 1. The Labute approximate surface area is 161 Å². The zero-order valence-electron chi connectivity index (χ0n) is 15.5. The highest BCUT2D eigenvalue weighted by molar-refractivity contribution is 5.95. The van der Waals surface area contributed by atoms with Crippen LogP contribution in [0.2, 0.25) is 0 Å². The van der Waals surface area contributed by atoms with Crippen molar-refractivity contribution in [1.29, 1.82) is 0 Å². The van der Waals surface area contributed by atoms with Crippen molar-refractivity contribution in [2.24, 2.45) is 0 Å². The molecular weight excluding hydrogens is 366 g/mol. The smallest absolute Gasteiger partial charge is 0.352 e. The second-order valence-corrected chi connectivity index (χ2v) is 6.65. The van der Waals surface area contributed by atoms with Gasteiger partial charge in [0.05, 0.1) is 19.3 Å². The normalized spacial score (nSPS) is 21.6. The number of hydrogen-bond donors (Lipinski definition) is 2. The predicted molar refractivity (Wildman–Crippen MR) is 98.2 cm³/mol. The van der Waals surface area contributed by atoms with Gasteiger partial charge < -0.3 is 19.7 Å². The molecule has 1 aliphatic heterocycles. The maximum absolute atomic E-state index is 12.3. The van der Waals surface area contributed by atoms with E-state index in [1.165, 1.54) is 10.8 Å². The number of Topliss-reactive ketones (excluding diaryl/α,β-unsaturated/α-hetero) is 1. The Morgan fingerprint density at radius 1 is 1.46 bits per heavy atom. The summed E-state index contributed by atoms with van der Waals surface area (Å²) in [6, 6.07) is 3.42. The second kappa shape index (κ2) is 9.05. The molecule has 2 N–H and O–H groups in total. The number of ether oxygens (including phenoxy) is 2. The Bertz CT molecular complexity index is 870. The number of pyridine rings is 1. The molecule has 2 aromatic heterocycles. The lowest BCUT2D eigenvalue weighted by molar-refractivity contribution is -0.0460. The highest BCUT2D eigenvalue weighted by Crippen LogP contribution is 2.28. The van der Waals surface area contributed by atoms with Crippen LogP contribution >= 0.6 is 0 Å². The number of nitrogens with zero attached hydrogens (tertiary/aromatic N) is 3. The number of aromatic nitrogens is 3. The Kier molecular flexibility index (Phi) is 6.50. The number of ketones is 1. The van der Waals surface area contributed by atoms with Crippen molar-refractivity contribution in [2.45, 2.75) is 44.6 Å². The minimum Gasteiger partial charge on any atom is -0.477 e. The molecule has 1 saturated heterocycles. The molecule has 2 aromatic rings. The molecule has 0 radical (unpaired) electrons. The Hall–Kier alpha value is -2.62. The van der Waals surface area contributed by atoms with Gasteiger partial charge in [0.15, 0.2) is 5.78 Å². The van der Waals surface area contributed by atoms with Crippen LogP contribution in [-0.2, 0) is 4.74 Å². The van der Waals surface area contributed by atoms with Gasteiger partial charge in [-0.2, -0.15) is 4.98 Å². The van der Waals surface area contributed by atoms with Crippen LogP contribution in [0.5, 0.6) is 5.88 Å². The molecule has 0 bridgehead atoms. The lowest BCUT2D eigenvalue weighted by atomic mass is 10.1. The fourth-order valence-corrected chi connectivity index (χ4v) is 3.03. The van der Waals surface area contributed by atoms with Crippen LogP contribution in [0, 0.1) is 6.92 Å². The van der Waals surface area contributed by atoms with Crippen LogP contribution in [0.3, 0.4) is 0 Å². The SMILES string of the molecule is Cc1cn([C@H]2C[C@H](O)[C@@H](CO)O2)c(=O)nc1OCCCC(=O)c1cccnc1. The van der Waals surface area contributed by atoms with Gasteiger partial charge in [-0.3, -0.25) is 14.3 Å². The van der Waals surface area contributed by atoms with Crippen LogP contribution < -0.4 is 10.4 Å². The zero-order chi connectivity index (χ0) is 20.1. The van der Waals surface area contributed by atoms with Gasteiger partial charge in [-0.1, -0.05) is 0 Å². The third-order valence-electron chi connectivity index (χ3n) is 4.55. The van der Waals surface area contributed by atoms with Crippen LogP contribution in [0.4, 0.5) is 0 Å². The minimum atomic E-state index is -0.838. The second-order valence-electron chi connectivity index (χ2n) is 6.65. The molecule has 0 aromatic carbocycles. The molecule has 3 heterocycles. The van der Waals surface area contributed by atoms with Gasteiger partial charge in [0.25, 0.3) is 0 Å². The first kappa shape index (κ1) is 20.1. The zero-order valence-corrected chi connectivity index (χ0v) is 15.5. The number of aliphatic hydroxyl groups is 2. The lowest BCUT2D eigenvalue weighted by Crippen LogP contribution is -2.28. The largest absolute Gasteiger partial charge is 0.477 e. The quantitative estimate of drug-likeness (QED) is 0.498. The van der Waals surface area contributed by atoms with E-state index in [2.05, 4.69) is 9.97 Å². The van der Waals surface area contributed by atoms with E-state index in [4.69, 9.17) is 14.6 Å². The van der Waals surface area contributed by atoms with Crippen LogP contribution in [0.1, 0.15) is 41.4 Å². The summed E-state index contributed by atoms with van der Waals surface area (Å²) in [5.74, 6) is 0.180. The van der Waals surface area contributed by atoms with Crippen molar-refractivity contribution in [3.63, 3.8) is 0 Å². The maximum Gasteiger partial charge on any atom is 0.352 e. The van der Waals surface area contributed by atoms with E-state index in [1.54, 1.807) is 31.5 Å². The first-order valence-corrected chi connectivity index (χ1v) is 9.09. The summed E-state index contributed by atoms with van der Waals surface area (Å²) in [7, 11) is 0. The molecule has 1 aliphatic rings. The number of aliphatic hydroxyl groups excluding tert-OH is 2. The van der Waals surface area contributed by atoms with Gasteiger partial charge in [0.2, 0.25) is 5.88 Å². The van der Waals surface area contributed by atoms with E-state index < -0.39 is 24.1 Å². The summed E-state index contributed by atoms with van der Waals surface area (Å²) in [5, 5.41) is 19.0.